The number of hydrogen-bond donors (Lipinski definition) is 2. The van der Waals surface area contributed by atoms with Gasteiger partial charge in [0.2, 0.25) is 0 Å². The highest BCUT2D eigenvalue weighted by Crippen LogP contribution is 2.32. The highest BCUT2D eigenvalue weighted by Gasteiger charge is 2.20. The molecule has 0 saturated carbocycles. The molecule has 3 rings (SSSR count). The van der Waals surface area contributed by atoms with Crippen LogP contribution in [0.1, 0.15) is 28.9 Å². The summed E-state index contributed by atoms with van der Waals surface area (Å²) in [7, 11) is 0. The number of aryl methyl sites for hydroxylation is 2. The minimum atomic E-state index is -0.242. The topological polar surface area (TPSA) is 64.8 Å². The van der Waals surface area contributed by atoms with Gasteiger partial charge in [0.15, 0.2) is 0 Å². The first-order valence-electron chi connectivity index (χ1n) is 6.63. The van der Waals surface area contributed by atoms with Gasteiger partial charge in [-0.3, -0.25) is 4.98 Å². The van der Waals surface area contributed by atoms with Crippen molar-refractivity contribution in [3.05, 3.63) is 45.1 Å². The average molecular weight is 258 g/mol. The lowest BCUT2D eigenvalue weighted by Gasteiger charge is -2.32. The number of anilines is 1. The van der Waals surface area contributed by atoms with E-state index in [1.165, 1.54) is 22.4 Å². The van der Waals surface area contributed by atoms with E-state index in [1.807, 2.05) is 0 Å². The van der Waals surface area contributed by atoms with E-state index in [4.69, 9.17) is 0 Å². The minimum absolute atomic E-state index is 0.242. The van der Waals surface area contributed by atoms with Crippen molar-refractivity contribution in [2.45, 2.75) is 33.2 Å². The van der Waals surface area contributed by atoms with E-state index in [2.05, 4.69) is 46.1 Å². The Morgan fingerprint density at radius 2 is 2.21 bits per heavy atom. The molecule has 19 heavy (non-hydrogen) atoms. The van der Waals surface area contributed by atoms with Gasteiger partial charge in [0.1, 0.15) is 5.82 Å². The Bertz CT molecular complexity index is 656. The molecule has 5 nitrogen and oxygen atoms in total. The maximum atomic E-state index is 11.1. The van der Waals surface area contributed by atoms with Crippen molar-refractivity contribution in [2.24, 2.45) is 0 Å². The van der Waals surface area contributed by atoms with Gasteiger partial charge in [-0.25, -0.2) is 9.89 Å². The minimum Gasteiger partial charge on any atom is -0.364 e. The molecule has 0 amide bonds. The third-order valence-electron chi connectivity index (χ3n) is 3.87. The molecule has 0 atom stereocenters. The second-order valence-corrected chi connectivity index (χ2v) is 5.16. The van der Waals surface area contributed by atoms with Crippen LogP contribution in [0.4, 0.5) is 5.69 Å². The molecule has 0 saturated heterocycles. The van der Waals surface area contributed by atoms with Crippen molar-refractivity contribution >= 4 is 5.69 Å². The molecule has 2 aromatic rings. The van der Waals surface area contributed by atoms with E-state index in [9.17, 15) is 4.79 Å². The van der Waals surface area contributed by atoms with Crippen LogP contribution < -0.4 is 10.6 Å². The molecule has 0 aliphatic carbocycles. The van der Waals surface area contributed by atoms with Gasteiger partial charge in [-0.1, -0.05) is 12.1 Å². The van der Waals surface area contributed by atoms with E-state index in [1.54, 1.807) is 0 Å². The fourth-order valence-corrected chi connectivity index (χ4v) is 2.79. The van der Waals surface area contributed by atoms with Gasteiger partial charge in [-0.15, -0.1) is 0 Å². The maximum Gasteiger partial charge on any atom is 0.340 e. The van der Waals surface area contributed by atoms with Gasteiger partial charge in [0.25, 0.3) is 0 Å². The van der Waals surface area contributed by atoms with Crippen molar-refractivity contribution in [2.75, 3.05) is 11.4 Å². The number of fused-ring (bicyclic) bond motifs is 1. The maximum absolute atomic E-state index is 11.1. The molecule has 100 valence electrons. The summed E-state index contributed by atoms with van der Waals surface area (Å²) in [5, 5.41) is 6.42. The summed E-state index contributed by atoms with van der Waals surface area (Å²) in [6.45, 7) is 5.96. The molecule has 0 fully saturated rings. The lowest BCUT2D eigenvalue weighted by Crippen LogP contribution is -2.30. The van der Waals surface area contributed by atoms with Gasteiger partial charge in [0.05, 0.1) is 6.54 Å². The molecule has 0 bridgehead atoms. The largest absolute Gasteiger partial charge is 0.364 e. The molecular weight excluding hydrogens is 240 g/mol. The predicted octanol–water partition coefficient (Wildman–Crippen LogP) is 1.67. The first-order valence-corrected chi connectivity index (χ1v) is 6.63. The second-order valence-electron chi connectivity index (χ2n) is 5.16. The molecule has 0 radical (unpaired) electrons. The first kappa shape index (κ1) is 12.0. The van der Waals surface area contributed by atoms with Gasteiger partial charge in [-0.05, 0) is 43.4 Å². The highest BCUT2D eigenvalue weighted by molar-refractivity contribution is 5.63. The zero-order chi connectivity index (χ0) is 13.4. The number of hydrogen-bond acceptors (Lipinski definition) is 3. The van der Waals surface area contributed by atoms with Crippen molar-refractivity contribution in [1.82, 2.24) is 15.2 Å². The zero-order valence-electron chi connectivity index (χ0n) is 11.3. The molecule has 5 heteroatoms. The van der Waals surface area contributed by atoms with Crippen LogP contribution in [0.3, 0.4) is 0 Å². The van der Waals surface area contributed by atoms with E-state index in [-0.39, 0.29) is 5.69 Å². The highest BCUT2D eigenvalue weighted by atomic mass is 16.1. The summed E-state index contributed by atoms with van der Waals surface area (Å²) < 4.78 is 0. The smallest absolute Gasteiger partial charge is 0.340 e. The molecule has 1 aliphatic heterocycles. The van der Waals surface area contributed by atoms with Crippen molar-refractivity contribution in [1.29, 1.82) is 0 Å². The molecule has 1 aromatic carbocycles. The Morgan fingerprint density at radius 3 is 2.95 bits per heavy atom. The Labute approximate surface area is 111 Å². The Hall–Kier alpha value is -2.04. The monoisotopic (exact) mass is 258 g/mol. The quantitative estimate of drug-likeness (QED) is 0.861. The first-order chi connectivity index (χ1) is 9.15. The summed E-state index contributed by atoms with van der Waals surface area (Å²) in [4.78, 5) is 16.1. The second kappa shape index (κ2) is 4.57. The number of nitrogens with zero attached hydrogens (tertiary/aromatic N) is 2. The van der Waals surface area contributed by atoms with Crippen LogP contribution in [-0.4, -0.2) is 21.7 Å². The molecule has 0 unspecified atom stereocenters. The fourth-order valence-electron chi connectivity index (χ4n) is 2.79. The zero-order valence-corrected chi connectivity index (χ0v) is 11.3. The van der Waals surface area contributed by atoms with Crippen molar-refractivity contribution in [3.8, 4) is 0 Å². The third-order valence-corrected chi connectivity index (χ3v) is 3.87. The van der Waals surface area contributed by atoms with Crippen LogP contribution in [-0.2, 0) is 13.0 Å². The molecule has 2 N–H and O–H groups in total. The van der Waals surface area contributed by atoms with Crippen LogP contribution >= 0.6 is 0 Å². The molecule has 2 heterocycles. The lowest BCUT2D eigenvalue weighted by atomic mass is 9.95. The number of aromatic amines is 2. The van der Waals surface area contributed by atoms with E-state index < -0.39 is 0 Å². The Morgan fingerprint density at radius 1 is 1.37 bits per heavy atom. The van der Waals surface area contributed by atoms with Crippen molar-refractivity contribution in [3.63, 3.8) is 0 Å². The van der Waals surface area contributed by atoms with Gasteiger partial charge >= 0.3 is 5.69 Å². The van der Waals surface area contributed by atoms with Gasteiger partial charge < -0.3 is 4.90 Å². The average Bonchev–Trinajstić information content (AvgIpc) is 2.80. The molecular formula is C14H18N4O. The van der Waals surface area contributed by atoms with Crippen LogP contribution in [0.5, 0.6) is 0 Å². The Balaban J connectivity index is 1.97. The van der Waals surface area contributed by atoms with Crippen LogP contribution in [0.15, 0.2) is 16.9 Å². The van der Waals surface area contributed by atoms with Crippen LogP contribution in [0.25, 0.3) is 0 Å². The van der Waals surface area contributed by atoms with Crippen LogP contribution in [0, 0.1) is 13.8 Å². The normalized spacial score (nSPS) is 14.5. The van der Waals surface area contributed by atoms with Crippen molar-refractivity contribution < 1.29 is 0 Å². The number of aromatic nitrogens is 3. The van der Waals surface area contributed by atoms with Gasteiger partial charge in [0, 0.05) is 12.2 Å². The summed E-state index contributed by atoms with van der Waals surface area (Å²) in [5.74, 6) is 0.693. The van der Waals surface area contributed by atoms with Crippen LogP contribution in [0.2, 0.25) is 0 Å². The third kappa shape index (κ3) is 2.16. The summed E-state index contributed by atoms with van der Waals surface area (Å²) >= 11 is 0. The summed E-state index contributed by atoms with van der Waals surface area (Å²) in [6, 6.07) is 4.41. The lowest BCUT2D eigenvalue weighted by molar-refractivity contribution is 0.672. The molecule has 1 aromatic heterocycles. The van der Waals surface area contributed by atoms with E-state index in [0.29, 0.717) is 12.4 Å². The number of H-pyrrole nitrogens is 2. The SMILES string of the molecule is Cc1ccc2c(c1C)N(Cc1n[nH]c(=O)[nH]1)CCC2. The number of rotatable bonds is 2. The standard InChI is InChI=1S/C14H18N4O/c1-9-5-6-11-4-3-7-18(13(11)10(9)2)8-12-15-14(19)17-16-12/h5-6H,3-4,7-8H2,1-2H3,(H2,15,16,17,19). The van der Waals surface area contributed by atoms with Gasteiger partial charge in [-0.2, -0.15) is 5.10 Å². The number of benzene rings is 1. The number of nitrogens with one attached hydrogen (secondary N) is 2. The summed E-state index contributed by atoms with van der Waals surface area (Å²) in [5.41, 5.74) is 5.10. The predicted molar refractivity (Wildman–Crippen MR) is 74.5 cm³/mol. The van der Waals surface area contributed by atoms with E-state index >= 15 is 0 Å². The molecule has 0 spiro atoms. The fraction of sp³-hybridized carbons (Fsp3) is 0.429. The van der Waals surface area contributed by atoms with E-state index in [0.717, 1.165) is 19.4 Å². The summed E-state index contributed by atoms with van der Waals surface area (Å²) in [6.07, 6.45) is 2.27. The Kier molecular flexibility index (Phi) is 2.89. The molecule has 1 aliphatic rings.